The molecule has 0 fully saturated rings. The molecular weight excluding hydrogens is 468 g/mol. The first-order valence-electron chi connectivity index (χ1n) is 12.7. The van der Waals surface area contributed by atoms with Crippen LogP contribution < -0.4 is 5.56 Å². The van der Waals surface area contributed by atoms with Gasteiger partial charge in [0.25, 0.3) is 5.56 Å². The zero-order valence-corrected chi connectivity index (χ0v) is 20.1. The van der Waals surface area contributed by atoms with E-state index in [1.807, 2.05) is 48.5 Å². The van der Waals surface area contributed by atoms with E-state index >= 15 is 0 Å². The van der Waals surface area contributed by atoms with Gasteiger partial charge in [0.05, 0.1) is 38.7 Å². The van der Waals surface area contributed by atoms with Gasteiger partial charge in [0.1, 0.15) is 0 Å². The van der Waals surface area contributed by atoms with Crippen molar-refractivity contribution in [3.8, 4) is 11.3 Å². The molecule has 176 valence electrons. The number of benzene rings is 5. The van der Waals surface area contributed by atoms with Crippen molar-refractivity contribution in [1.29, 1.82) is 0 Å². The lowest BCUT2D eigenvalue weighted by atomic mass is 10.00. The fourth-order valence-corrected chi connectivity index (χ4v) is 6.25. The van der Waals surface area contributed by atoms with Gasteiger partial charge in [-0.15, -0.1) is 0 Å². The van der Waals surface area contributed by atoms with Crippen molar-refractivity contribution in [2.75, 3.05) is 0 Å². The number of hydrogen-bond acceptors (Lipinski definition) is 3. The average molecular weight is 487 g/mol. The highest BCUT2D eigenvalue weighted by molar-refractivity contribution is 6.24. The molecule has 0 saturated carbocycles. The van der Waals surface area contributed by atoms with Gasteiger partial charge in [-0.3, -0.25) is 4.79 Å². The maximum absolute atomic E-state index is 13.6. The van der Waals surface area contributed by atoms with Crippen LogP contribution in [-0.4, -0.2) is 18.8 Å². The summed E-state index contributed by atoms with van der Waals surface area (Å²) in [4.78, 5) is 23.4. The fourth-order valence-electron chi connectivity index (χ4n) is 6.25. The first kappa shape index (κ1) is 19.8. The quantitative estimate of drug-likeness (QED) is 0.182. The molecule has 0 amide bonds. The van der Waals surface area contributed by atoms with E-state index in [2.05, 4.69) is 65.1 Å². The first-order chi connectivity index (χ1) is 18.8. The highest BCUT2D eigenvalue weighted by atomic mass is 16.1. The molecule has 0 radical (unpaired) electrons. The Hall–Kier alpha value is -5.29. The Morgan fingerprint density at radius 3 is 1.68 bits per heavy atom. The van der Waals surface area contributed by atoms with Gasteiger partial charge in [-0.05, 0) is 42.5 Å². The monoisotopic (exact) mass is 486 g/mol. The van der Waals surface area contributed by atoms with Crippen molar-refractivity contribution >= 4 is 65.7 Å². The molecule has 0 atom stereocenters. The molecule has 0 spiro atoms. The molecule has 0 aliphatic carbocycles. The third-order valence-electron chi connectivity index (χ3n) is 7.85. The summed E-state index contributed by atoms with van der Waals surface area (Å²) < 4.78 is 4.01. The summed E-state index contributed by atoms with van der Waals surface area (Å²) in [5, 5.41) is 6.32. The maximum Gasteiger partial charge on any atom is 0.267 e. The van der Waals surface area contributed by atoms with Crippen LogP contribution in [-0.2, 0) is 0 Å². The van der Waals surface area contributed by atoms with E-state index in [9.17, 15) is 4.79 Å². The molecule has 9 rings (SSSR count). The maximum atomic E-state index is 13.6. The van der Waals surface area contributed by atoms with Gasteiger partial charge in [-0.1, -0.05) is 66.7 Å². The summed E-state index contributed by atoms with van der Waals surface area (Å²) in [5.41, 5.74) is 6.79. The molecule has 5 heteroatoms. The van der Waals surface area contributed by atoms with Crippen molar-refractivity contribution in [3.63, 3.8) is 0 Å². The summed E-state index contributed by atoms with van der Waals surface area (Å²) in [6, 6.07) is 37.0. The molecule has 5 nitrogen and oxygen atoms in total. The second-order valence-electron chi connectivity index (χ2n) is 9.84. The Balaban J connectivity index is 1.49. The van der Waals surface area contributed by atoms with Crippen molar-refractivity contribution in [1.82, 2.24) is 18.8 Å². The van der Waals surface area contributed by atoms with Crippen molar-refractivity contribution in [2.24, 2.45) is 0 Å². The zero-order chi connectivity index (χ0) is 25.0. The van der Waals surface area contributed by atoms with Crippen LogP contribution in [0.2, 0.25) is 0 Å². The summed E-state index contributed by atoms with van der Waals surface area (Å²) in [7, 11) is 0. The highest BCUT2D eigenvalue weighted by Crippen LogP contribution is 2.42. The molecule has 5 aromatic carbocycles. The number of aromatic nitrogens is 4. The number of nitrogens with zero attached hydrogens (tertiary/aromatic N) is 4. The van der Waals surface area contributed by atoms with E-state index in [1.54, 1.807) is 4.40 Å². The van der Waals surface area contributed by atoms with Crippen LogP contribution in [0.1, 0.15) is 0 Å². The lowest BCUT2D eigenvalue weighted by molar-refractivity contribution is 1.07. The van der Waals surface area contributed by atoms with Crippen LogP contribution in [0.15, 0.2) is 114 Å². The van der Waals surface area contributed by atoms with Crippen LogP contribution >= 0.6 is 0 Å². The molecule has 0 bridgehead atoms. The van der Waals surface area contributed by atoms with Gasteiger partial charge in [-0.2, -0.15) is 0 Å². The van der Waals surface area contributed by atoms with E-state index in [-0.39, 0.29) is 5.56 Å². The second-order valence-corrected chi connectivity index (χ2v) is 9.84. The van der Waals surface area contributed by atoms with Gasteiger partial charge < -0.3 is 4.40 Å². The van der Waals surface area contributed by atoms with E-state index in [0.717, 1.165) is 22.2 Å². The van der Waals surface area contributed by atoms with Gasteiger partial charge >= 0.3 is 0 Å². The summed E-state index contributed by atoms with van der Waals surface area (Å²) in [6.07, 6.45) is 0. The smallest absolute Gasteiger partial charge is 0.267 e. The molecular formula is C33H18N4O. The predicted molar refractivity (Wildman–Crippen MR) is 154 cm³/mol. The van der Waals surface area contributed by atoms with Gasteiger partial charge in [0.15, 0.2) is 0 Å². The van der Waals surface area contributed by atoms with Crippen LogP contribution in [0.5, 0.6) is 0 Å². The van der Waals surface area contributed by atoms with Gasteiger partial charge in [0, 0.05) is 32.5 Å². The van der Waals surface area contributed by atoms with Crippen LogP contribution in [0.3, 0.4) is 0 Å². The largest absolute Gasteiger partial charge is 0.308 e. The van der Waals surface area contributed by atoms with Crippen LogP contribution in [0.25, 0.3) is 76.9 Å². The lowest BCUT2D eigenvalue weighted by Crippen LogP contribution is -2.17. The van der Waals surface area contributed by atoms with E-state index in [4.69, 9.17) is 9.97 Å². The Morgan fingerprint density at radius 2 is 1.03 bits per heavy atom. The normalized spacial score (nSPS) is 12.3. The van der Waals surface area contributed by atoms with Crippen molar-refractivity contribution in [2.45, 2.75) is 0 Å². The molecule has 0 unspecified atom stereocenters. The summed E-state index contributed by atoms with van der Waals surface area (Å²) >= 11 is 0. The predicted octanol–water partition coefficient (Wildman–Crippen LogP) is 7.21. The molecule has 9 aromatic rings. The highest BCUT2D eigenvalue weighted by Gasteiger charge is 2.20. The molecule has 0 N–H and O–H groups in total. The van der Waals surface area contributed by atoms with Crippen molar-refractivity contribution < 1.29 is 0 Å². The van der Waals surface area contributed by atoms with Crippen molar-refractivity contribution in [3.05, 3.63) is 120 Å². The molecule has 4 heterocycles. The summed E-state index contributed by atoms with van der Waals surface area (Å²) in [5.74, 6) is 0.404. The molecule has 0 aliphatic rings. The topological polar surface area (TPSA) is 51.7 Å². The minimum Gasteiger partial charge on any atom is -0.308 e. The molecule has 38 heavy (non-hydrogen) atoms. The number of para-hydroxylation sites is 4. The second kappa shape index (κ2) is 6.93. The standard InChI is InChI=1S/C33H18N4O/c38-32-22-11-1-5-13-26(22)34-33-35-30(23-12-4-8-16-29(23)37(32)33)19-17-24-20-9-2-6-14-27(20)36-28-15-7-3-10-21(28)25(18-19)31(24)36/h1-18H. The van der Waals surface area contributed by atoms with Crippen LogP contribution in [0.4, 0.5) is 0 Å². The Kier molecular flexibility index (Phi) is 3.62. The number of fused-ring (bicyclic) bond motifs is 10. The van der Waals surface area contributed by atoms with Gasteiger partial charge in [-0.25, -0.2) is 14.4 Å². The zero-order valence-electron chi connectivity index (χ0n) is 20.1. The SMILES string of the molecule is O=c1c2ccccc2nc2nc(-c3cc4c5ccccc5n5c6ccccc6c(c3)c45)c3ccccc3n12. The molecule has 0 aliphatic heterocycles. The summed E-state index contributed by atoms with van der Waals surface area (Å²) in [6.45, 7) is 0. The average Bonchev–Trinajstić information content (AvgIpc) is 3.48. The Labute approximate surface area is 215 Å². The molecule has 0 saturated heterocycles. The van der Waals surface area contributed by atoms with Crippen LogP contribution in [0, 0.1) is 0 Å². The minimum absolute atomic E-state index is 0.105. The fraction of sp³-hybridized carbons (Fsp3) is 0. The third kappa shape index (κ3) is 2.38. The third-order valence-corrected chi connectivity index (χ3v) is 7.85. The first-order valence-corrected chi connectivity index (χ1v) is 12.7. The Morgan fingerprint density at radius 1 is 0.500 bits per heavy atom. The Bertz CT molecular complexity index is 2400. The number of rotatable bonds is 1. The van der Waals surface area contributed by atoms with Gasteiger partial charge in [0.2, 0.25) is 5.78 Å². The minimum atomic E-state index is -0.105. The lowest BCUT2D eigenvalue weighted by Gasteiger charge is -2.12. The molecule has 4 aromatic heterocycles. The van der Waals surface area contributed by atoms with E-state index in [0.29, 0.717) is 16.7 Å². The van der Waals surface area contributed by atoms with E-state index in [1.165, 1.54) is 38.1 Å². The van der Waals surface area contributed by atoms with E-state index < -0.39 is 0 Å². The number of hydrogen-bond donors (Lipinski definition) is 0.